The number of carboxylic acids is 1. The molecular weight excluding hydrogens is 276 g/mol. The van der Waals surface area contributed by atoms with Crippen molar-refractivity contribution in [2.75, 3.05) is 25.1 Å². The molecule has 2 rings (SSSR count). The van der Waals surface area contributed by atoms with Gasteiger partial charge in [0.05, 0.1) is 10.5 Å². The van der Waals surface area contributed by atoms with Crippen molar-refractivity contribution in [1.29, 1.82) is 0 Å². The van der Waals surface area contributed by atoms with Crippen LogP contribution in [0.5, 0.6) is 0 Å². The van der Waals surface area contributed by atoms with E-state index in [-0.39, 0.29) is 11.3 Å². The van der Waals surface area contributed by atoms with Crippen molar-refractivity contribution < 1.29 is 19.6 Å². The molecule has 114 valence electrons. The molecule has 1 aliphatic carbocycles. The fourth-order valence-electron chi connectivity index (χ4n) is 1.91. The van der Waals surface area contributed by atoms with Crippen molar-refractivity contribution in [3.8, 4) is 0 Å². The number of hydrogen-bond acceptors (Lipinski definition) is 5. The van der Waals surface area contributed by atoms with Gasteiger partial charge in [-0.2, -0.15) is 0 Å². The van der Waals surface area contributed by atoms with Crippen LogP contribution in [0.15, 0.2) is 18.2 Å². The number of aromatic carboxylic acids is 1. The number of nitrogens with one attached hydrogen (secondary N) is 1. The average molecular weight is 294 g/mol. The molecule has 7 heteroatoms. The number of non-ortho nitro benzene ring substituents is 1. The molecule has 0 atom stereocenters. The average Bonchev–Trinajstić information content (AvgIpc) is 3.26. The summed E-state index contributed by atoms with van der Waals surface area (Å²) in [6, 6.07) is 3.78. The maximum absolute atomic E-state index is 11.1. The zero-order valence-electron chi connectivity index (χ0n) is 11.6. The van der Waals surface area contributed by atoms with Gasteiger partial charge in [0.2, 0.25) is 0 Å². The monoisotopic (exact) mass is 294 g/mol. The number of benzene rings is 1. The van der Waals surface area contributed by atoms with Crippen molar-refractivity contribution in [3.63, 3.8) is 0 Å². The predicted molar refractivity (Wildman–Crippen MR) is 76.7 cm³/mol. The highest BCUT2D eigenvalue weighted by Gasteiger charge is 2.20. The molecule has 1 saturated carbocycles. The Morgan fingerprint density at radius 2 is 2.24 bits per heavy atom. The lowest BCUT2D eigenvalue weighted by Crippen LogP contribution is -2.10. The largest absolute Gasteiger partial charge is 0.478 e. The Balaban J connectivity index is 1.83. The van der Waals surface area contributed by atoms with E-state index < -0.39 is 10.9 Å². The second-order valence-electron chi connectivity index (χ2n) is 5.09. The summed E-state index contributed by atoms with van der Waals surface area (Å²) >= 11 is 0. The van der Waals surface area contributed by atoms with Gasteiger partial charge in [0.15, 0.2) is 0 Å². The highest BCUT2D eigenvalue weighted by molar-refractivity contribution is 5.95. The van der Waals surface area contributed by atoms with Crippen LogP contribution in [-0.4, -0.2) is 35.8 Å². The third-order valence-electron chi connectivity index (χ3n) is 3.28. The van der Waals surface area contributed by atoms with Crippen molar-refractivity contribution in [1.82, 2.24) is 0 Å². The van der Waals surface area contributed by atoms with E-state index in [2.05, 4.69) is 5.32 Å². The molecule has 1 aromatic rings. The molecule has 0 amide bonds. The zero-order chi connectivity index (χ0) is 15.2. The summed E-state index contributed by atoms with van der Waals surface area (Å²) in [5.41, 5.74) is 0.0594. The number of nitro benzene ring substituents is 1. The minimum absolute atomic E-state index is 0.0944. The predicted octanol–water partition coefficient (Wildman–Crippen LogP) is 2.52. The third-order valence-corrected chi connectivity index (χ3v) is 3.28. The molecule has 0 bridgehead atoms. The first-order valence-corrected chi connectivity index (χ1v) is 6.91. The number of nitrogens with zero attached hydrogens (tertiary/aromatic N) is 1. The van der Waals surface area contributed by atoms with Gasteiger partial charge in [-0.3, -0.25) is 10.1 Å². The van der Waals surface area contributed by atoms with Crippen molar-refractivity contribution in [2.45, 2.75) is 19.3 Å². The number of anilines is 1. The highest BCUT2D eigenvalue weighted by atomic mass is 16.6. The first kappa shape index (κ1) is 15.2. The van der Waals surface area contributed by atoms with Crippen molar-refractivity contribution in [2.24, 2.45) is 5.92 Å². The Labute approximate surface area is 122 Å². The number of carboxylic acid groups (broad SMARTS) is 1. The number of hydrogen-bond donors (Lipinski definition) is 2. The molecule has 1 aliphatic rings. The van der Waals surface area contributed by atoms with Crippen molar-refractivity contribution >= 4 is 17.3 Å². The second-order valence-corrected chi connectivity index (χ2v) is 5.09. The Morgan fingerprint density at radius 3 is 2.86 bits per heavy atom. The summed E-state index contributed by atoms with van der Waals surface area (Å²) in [5.74, 6) is -0.461. The molecule has 0 saturated heterocycles. The summed E-state index contributed by atoms with van der Waals surface area (Å²) in [5, 5.41) is 22.7. The van der Waals surface area contributed by atoms with E-state index >= 15 is 0 Å². The van der Waals surface area contributed by atoms with Gasteiger partial charge in [0.25, 0.3) is 5.69 Å². The van der Waals surface area contributed by atoms with E-state index in [1.807, 2.05) is 0 Å². The molecule has 1 fully saturated rings. The molecule has 0 radical (unpaired) electrons. The van der Waals surface area contributed by atoms with Gasteiger partial charge in [-0.15, -0.1) is 0 Å². The first-order valence-electron chi connectivity index (χ1n) is 6.91. The van der Waals surface area contributed by atoms with E-state index in [9.17, 15) is 14.9 Å². The van der Waals surface area contributed by atoms with Gasteiger partial charge in [0, 0.05) is 37.6 Å². The van der Waals surface area contributed by atoms with Gasteiger partial charge in [-0.25, -0.2) is 4.79 Å². The third kappa shape index (κ3) is 4.71. The van der Waals surface area contributed by atoms with Crippen LogP contribution in [0, 0.1) is 16.0 Å². The molecule has 0 spiro atoms. The lowest BCUT2D eigenvalue weighted by atomic mass is 10.1. The van der Waals surface area contributed by atoms with Gasteiger partial charge < -0.3 is 15.2 Å². The van der Waals surface area contributed by atoms with E-state index in [0.717, 1.165) is 25.0 Å². The lowest BCUT2D eigenvalue weighted by molar-refractivity contribution is -0.384. The van der Waals surface area contributed by atoms with Gasteiger partial charge in [-0.05, 0) is 31.2 Å². The molecular formula is C14H18N2O5. The topological polar surface area (TPSA) is 102 Å². The quantitative estimate of drug-likeness (QED) is 0.412. The lowest BCUT2D eigenvalue weighted by Gasteiger charge is -2.09. The summed E-state index contributed by atoms with van der Waals surface area (Å²) < 4.78 is 5.48. The summed E-state index contributed by atoms with van der Waals surface area (Å²) in [6.07, 6.45) is 3.26. The fraction of sp³-hybridized carbons (Fsp3) is 0.500. The maximum atomic E-state index is 11.1. The van der Waals surface area contributed by atoms with Crippen LogP contribution < -0.4 is 5.32 Å². The van der Waals surface area contributed by atoms with E-state index in [1.54, 1.807) is 0 Å². The SMILES string of the molecule is O=C(O)c1cc([N+](=O)[O-])ccc1NCCCOCC1CC1. The van der Waals surface area contributed by atoms with Crippen LogP contribution in [0.2, 0.25) is 0 Å². The standard InChI is InChI=1S/C14H18N2O5/c17-14(18)12-8-11(16(19)20)4-5-13(12)15-6-1-7-21-9-10-2-3-10/h4-5,8,10,15H,1-3,6-7,9H2,(H,17,18). The van der Waals surface area contributed by atoms with Crippen LogP contribution >= 0.6 is 0 Å². The zero-order valence-corrected chi connectivity index (χ0v) is 11.6. The summed E-state index contributed by atoms with van der Waals surface area (Å²) in [6.45, 7) is 1.99. The minimum atomic E-state index is -1.19. The number of nitro groups is 1. The van der Waals surface area contributed by atoms with E-state index in [4.69, 9.17) is 9.84 Å². The van der Waals surface area contributed by atoms with Crippen LogP contribution in [0.4, 0.5) is 11.4 Å². The first-order chi connectivity index (χ1) is 10.1. The molecule has 7 nitrogen and oxygen atoms in total. The normalized spacial score (nSPS) is 13.9. The molecule has 0 heterocycles. The Kier molecular flexibility index (Phi) is 5.10. The van der Waals surface area contributed by atoms with Crippen LogP contribution in [0.3, 0.4) is 0 Å². The minimum Gasteiger partial charge on any atom is -0.478 e. The molecule has 2 N–H and O–H groups in total. The molecule has 0 aromatic heterocycles. The van der Waals surface area contributed by atoms with Crippen molar-refractivity contribution in [3.05, 3.63) is 33.9 Å². The highest BCUT2D eigenvalue weighted by Crippen LogP contribution is 2.28. The number of rotatable bonds is 9. The van der Waals surface area contributed by atoms with Crippen LogP contribution in [0.1, 0.15) is 29.6 Å². The number of ether oxygens (including phenoxy) is 1. The molecule has 1 aromatic carbocycles. The van der Waals surface area contributed by atoms with Gasteiger partial charge in [-0.1, -0.05) is 0 Å². The van der Waals surface area contributed by atoms with Crippen LogP contribution in [0.25, 0.3) is 0 Å². The molecule has 0 aliphatic heterocycles. The fourth-order valence-corrected chi connectivity index (χ4v) is 1.91. The summed E-state index contributed by atoms with van der Waals surface area (Å²) in [4.78, 5) is 21.2. The van der Waals surface area contributed by atoms with E-state index in [0.29, 0.717) is 18.8 Å². The Bertz CT molecular complexity index is 528. The molecule has 0 unspecified atom stereocenters. The van der Waals surface area contributed by atoms with Gasteiger partial charge >= 0.3 is 5.97 Å². The molecule has 21 heavy (non-hydrogen) atoms. The smallest absolute Gasteiger partial charge is 0.338 e. The maximum Gasteiger partial charge on any atom is 0.338 e. The Morgan fingerprint density at radius 1 is 1.48 bits per heavy atom. The number of carbonyl (C=O) groups is 1. The summed E-state index contributed by atoms with van der Waals surface area (Å²) in [7, 11) is 0. The van der Waals surface area contributed by atoms with E-state index in [1.165, 1.54) is 25.0 Å². The van der Waals surface area contributed by atoms with Crippen LogP contribution in [-0.2, 0) is 4.74 Å². The Hall–Kier alpha value is -2.15. The van der Waals surface area contributed by atoms with Gasteiger partial charge in [0.1, 0.15) is 0 Å². The second kappa shape index (κ2) is 7.03.